The van der Waals surface area contributed by atoms with Crippen LogP contribution in [0, 0.1) is 10.8 Å². The van der Waals surface area contributed by atoms with E-state index in [0.29, 0.717) is 10.8 Å². The van der Waals surface area contributed by atoms with Gasteiger partial charge in [-0.05, 0) is 49.4 Å². The summed E-state index contributed by atoms with van der Waals surface area (Å²) in [6.07, 6.45) is 7.40. The Morgan fingerprint density at radius 2 is 0.765 bits per heavy atom. The lowest BCUT2D eigenvalue weighted by Crippen LogP contribution is -2.30. The Bertz CT molecular complexity index is 141. The van der Waals surface area contributed by atoms with Gasteiger partial charge in [0.25, 0.3) is 0 Å². The van der Waals surface area contributed by atoms with Gasteiger partial charge < -0.3 is 4.74 Å². The molecule has 1 heteroatoms. The molecule has 0 aliphatic rings. The Kier molecular flexibility index (Phi) is 8.11. The van der Waals surface area contributed by atoms with Gasteiger partial charge in [-0.3, -0.25) is 0 Å². The molecule has 0 aromatic rings. The van der Waals surface area contributed by atoms with E-state index in [0.717, 1.165) is 13.2 Å². The highest BCUT2D eigenvalue weighted by atomic mass is 16.5. The first kappa shape index (κ1) is 17.0. The summed E-state index contributed by atoms with van der Waals surface area (Å²) in [7, 11) is 0. The van der Waals surface area contributed by atoms with Crippen LogP contribution in [-0.2, 0) is 4.74 Å². The van der Waals surface area contributed by atoms with E-state index in [9.17, 15) is 0 Å². The van der Waals surface area contributed by atoms with E-state index in [-0.39, 0.29) is 0 Å². The molecule has 0 fully saturated rings. The third-order valence-electron chi connectivity index (χ3n) is 5.32. The van der Waals surface area contributed by atoms with Gasteiger partial charge in [-0.1, -0.05) is 41.5 Å². The standard InChI is InChI=1S/C16H34O/c1-7-15(8-2,9-3)13-17-14-16(10-4,11-5)12-6/h7-14H2,1-6H3. The highest BCUT2D eigenvalue weighted by Crippen LogP contribution is 2.34. The molecular weight excluding hydrogens is 208 g/mol. The Morgan fingerprint density at radius 3 is 0.941 bits per heavy atom. The molecule has 17 heavy (non-hydrogen) atoms. The molecule has 0 aliphatic carbocycles. The van der Waals surface area contributed by atoms with Crippen molar-refractivity contribution in [3.63, 3.8) is 0 Å². The van der Waals surface area contributed by atoms with Crippen molar-refractivity contribution in [2.24, 2.45) is 10.8 Å². The van der Waals surface area contributed by atoms with Gasteiger partial charge in [-0.2, -0.15) is 0 Å². The van der Waals surface area contributed by atoms with Gasteiger partial charge in [-0.25, -0.2) is 0 Å². The molecule has 0 rings (SSSR count). The van der Waals surface area contributed by atoms with Crippen molar-refractivity contribution < 1.29 is 4.74 Å². The lowest BCUT2D eigenvalue weighted by Gasteiger charge is -2.34. The fraction of sp³-hybridized carbons (Fsp3) is 1.00. The first-order valence-corrected chi connectivity index (χ1v) is 7.65. The van der Waals surface area contributed by atoms with E-state index >= 15 is 0 Å². The van der Waals surface area contributed by atoms with Crippen LogP contribution in [0.5, 0.6) is 0 Å². The van der Waals surface area contributed by atoms with Gasteiger partial charge in [0, 0.05) is 0 Å². The summed E-state index contributed by atoms with van der Waals surface area (Å²) in [4.78, 5) is 0. The smallest absolute Gasteiger partial charge is 0.0522 e. The Balaban J connectivity index is 4.28. The number of ether oxygens (including phenoxy) is 1. The van der Waals surface area contributed by atoms with Crippen molar-refractivity contribution in [3.05, 3.63) is 0 Å². The van der Waals surface area contributed by atoms with Crippen LogP contribution >= 0.6 is 0 Å². The monoisotopic (exact) mass is 242 g/mol. The summed E-state index contributed by atoms with van der Waals surface area (Å²) in [6, 6.07) is 0. The van der Waals surface area contributed by atoms with Crippen molar-refractivity contribution in [3.8, 4) is 0 Å². The number of hydrogen-bond acceptors (Lipinski definition) is 1. The van der Waals surface area contributed by atoms with E-state index in [2.05, 4.69) is 41.5 Å². The quantitative estimate of drug-likeness (QED) is 0.496. The minimum Gasteiger partial charge on any atom is -0.380 e. The molecule has 0 saturated heterocycles. The van der Waals surface area contributed by atoms with Crippen LogP contribution in [0.3, 0.4) is 0 Å². The molecule has 0 saturated carbocycles. The van der Waals surface area contributed by atoms with Crippen LogP contribution in [0.2, 0.25) is 0 Å². The first-order chi connectivity index (χ1) is 8.07. The van der Waals surface area contributed by atoms with Gasteiger partial charge >= 0.3 is 0 Å². The molecule has 0 bridgehead atoms. The van der Waals surface area contributed by atoms with Gasteiger partial charge in [0.1, 0.15) is 0 Å². The van der Waals surface area contributed by atoms with Gasteiger partial charge in [-0.15, -0.1) is 0 Å². The second-order valence-electron chi connectivity index (χ2n) is 5.61. The van der Waals surface area contributed by atoms with Crippen LogP contribution in [0.1, 0.15) is 80.1 Å². The van der Waals surface area contributed by atoms with E-state index < -0.39 is 0 Å². The molecule has 0 heterocycles. The molecule has 0 amide bonds. The molecule has 1 nitrogen and oxygen atoms in total. The third-order valence-corrected chi connectivity index (χ3v) is 5.32. The molecule has 0 radical (unpaired) electrons. The topological polar surface area (TPSA) is 9.23 Å². The summed E-state index contributed by atoms with van der Waals surface area (Å²) in [5, 5.41) is 0. The molecule has 0 aromatic carbocycles. The maximum atomic E-state index is 6.11. The molecule has 104 valence electrons. The minimum absolute atomic E-state index is 0.418. The molecule has 0 aliphatic heterocycles. The van der Waals surface area contributed by atoms with E-state index in [1.54, 1.807) is 0 Å². The second kappa shape index (κ2) is 8.13. The lowest BCUT2D eigenvalue weighted by molar-refractivity contribution is -0.0181. The predicted octanol–water partition coefficient (Wildman–Crippen LogP) is 5.44. The van der Waals surface area contributed by atoms with Crippen LogP contribution < -0.4 is 0 Å². The SMILES string of the molecule is CCC(CC)(CC)COCC(CC)(CC)CC. The van der Waals surface area contributed by atoms with Crippen molar-refractivity contribution in [1.82, 2.24) is 0 Å². The molecular formula is C16H34O. The van der Waals surface area contributed by atoms with Crippen molar-refractivity contribution in [2.75, 3.05) is 13.2 Å². The Morgan fingerprint density at radius 1 is 0.529 bits per heavy atom. The molecule has 0 unspecified atom stereocenters. The van der Waals surface area contributed by atoms with Crippen LogP contribution in [-0.4, -0.2) is 13.2 Å². The van der Waals surface area contributed by atoms with E-state index in [1.165, 1.54) is 38.5 Å². The summed E-state index contributed by atoms with van der Waals surface area (Å²) < 4.78 is 6.11. The average molecular weight is 242 g/mol. The normalized spacial score (nSPS) is 13.1. The predicted molar refractivity (Wildman–Crippen MR) is 77.4 cm³/mol. The largest absolute Gasteiger partial charge is 0.380 e. The summed E-state index contributed by atoms with van der Waals surface area (Å²) in [6.45, 7) is 15.7. The van der Waals surface area contributed by atoms with Gasteiger partial charge in [0.05, 0.1) is 13.2 Å². The minimum atomic E-state index is 0.418. The summed E-state index contributed by atoms with van der Waals surface area (Å²) in [5.41, 5.74) is 0.835. The van der Waals surface area contributed by atoms with Crippen LogP contribution in [0.15, 0.2) is 0 Å². The van der Waals surface area contributed by atoms with Crippen LogP contribution in [0.25, 0.3) is 0 Å². The van der Waals surface area contributed by atoms with Crippen LogP contribution in [0.4, 0.5) is 0 Å². The van der Waals surface area contributed by atoms with Gasteiger partial charge in [0.15, 0.2) is 0 Å². The maximum absolute atomic E-state index is 6.11. The van der Waals surface area contributed by atoms with E-state index in [4.69, 9.17) is 4.74 Å². The fourth-order valence-electron chi connectivity index (χ4n) is 2.60. The zero-order valence-electron chi connectivity index (χ0n) is 13.1. The molecule has 0 spiro atoms. The lowest BCUT2D eigenvalue weighted by atomic mass is 9.79. The third kappa shape index (κ3) is 4.62. The highest BCUT2D eigenvalue weighted by molar-refractivity contribution is 4.77. The maximum Gasteiger partial charge on any atom is 0.0522 e. The summed E-state index contributed by atoms with van der Waals surface area (Å²) in [5.74, 6) is 0. The van der Waals surface area contributed by atoms with E-state index in [1.807, 2.05) is 0 Å². The zero-order chi connectivity index (χ0) is 13.4. The average Bonchev–Trinajstić information content (AvgIpc) is 2.41. The molecule has 0 atom stereocenters. The zero-order valence-corrected chi connectivity index (χ0v) is 13.1. The second-order valence-corrected chi connectivity index (χ2v) is 5.61. The number of rotatable bonds is 10. The molecule has 0 aromatic heterocycles. The first-order valence-electron chi connectivity index (χ1n) is 7.65. The molecule has 0 N–H and O–H groups in total. The van der Waals surface area contributed by atoms with Crippen molar-refractivity contribution in [1.29, 1.82) is 0 Å². The Labute approximate surface area is 109 Å². The fourth-order valence-corrected chi connectivity index (χ4v) is 2.60. The Hall–Kier alpha value is -0.0400. The summed E-state index contributed by atoms with van der Waals surface area (Å²) >= 11 is 0. The van der Waals surface area contributed by atoms with Crippen molar-refractivity contribution >= 4 is 0 Å². The number of hydrogen-bond donors (Lipinski definition) is 0. The highest BCUT2D eigenvalue weighted by Gasteiger charge is 2.28. The van der Waals surface area contributed by atoms with Crippen molar-refractivity contribution in [2.45, 2.75) is 80.1 Å². The van der Waals surface area contributed by atoms with Gasteiger partial charge in [0.2, 0.25) is 0 Å².